The van der Waals surface area contributed by atoms with Gasteiger partial charge in [0.05, 0.1) is 12.2 Å². The molecule has 4 rings (SSSR count). The highest BCUT2D eigenvalue weighted by Crippen LogP contribution is 2.67. The molecule has 31 heavy (non-hydrogen) atoms. The van der Waals surface area contributed by atoms with Crippen molar-refractivity contribution in [3.8, 4) is 0 Å². The fourth-order valence-electron chi connectivity index (χ4n) is 9.15. The molecular formula is C30H56O. The molecule has 0 heterocycles. The summed E-state index contributed by atoms with van der Waals surface area (Å²) in [6.45, 7) is 17.1. The van der Waals surface area contributed by atoms with Gasteiger partial charge in [-0.05, 0) is 112 Å². The maximum atomic E-state index is 6.25. The second-order valence-electron chi connectivity index (χ2n) is 13.3. The first-order chi connectivity index (χ1) is 14.6. The highest BCUT2D eigenvalue weighted by atomic mass is 16.5. The molecule has 0 saturated heterocycles. The lowest BCUT2D eigenvalue weighted by Crippen LogP contribution is -2.51. The Morgan fingerprint density at radius 2 is 1.74 bits per heavy atom. The van der Waals surface area contributed by atoms with Crippen LogP contribution in [0, 0.1) is 46.3 Å². The summed E-state index contributed by atoms with van der Waals surface area (Å²) in [5.41, 5.74) is 2.84. The molecule has 0 spiro atoms. The van der Waals surface area contributed by atoms with Crippen molar-refractivity contribution in [3.63, 3.8) is 0 Å². The Labute approximate surface area is 197 Å². The van der Waals surface area contributed by atoms with Gasteiger partial charge in [-0.25, -0.2) is 0 Å². The molecule has 0 aromatic rings. The van der Waals surface area contributed by atoms with Crippen LogP contribution in [0.2, 0.25) is 0 Å². The van der Waals surface area contributed by atoms with E-state index in [1.165, 1.54) is 70.6 Å². The molecule has 2 unspecified atom stereocenters. The first-order valence-corrected chi connectivity index (χ1v) is 14.0. The summed E-state index contributed by atoms with van der Waals surface area (Å²) < 4.78 is 6.25. The van der Waals surface area contributed by atoms with Crippen molar-refractivity contribution < 1.29 is 7.59 Å². The Morgan fingerprint density at radius 1 is 0.968 bits per heavy atom. The van der Waals surface area contributed by atoms with Gasteiger partial charge in [-0.2, -0.15) is 0 Å². The highest BCUT2D eigenvalue weighted by Gasteiger charge is 2.59. The predicted molar refractivity (Wildman–Crippen MR) is 137 cm³/mol. The number of hydrogen-bond acceptors (Lipinski definition) is 1. The molecule has 3 saturated carbocycles. The molecule has 1 heteroatoms. The van der Waals surface area contributed by atoms with E-state index in [-0.39, 0.29) is 2.85 Å². The summed E-state index contributed by atoms with van der Waals surface area (Å²) in [6, 6.07) is 0. The molecule has 3 fully saturated rings. The Kier molecular flexibility index (Phi) is 7.04. The number of allylic oxidation sites excluding steroid dienone is 1. The smallest absolute Gasteiger partial charge is 0.0616 e. The average Bonchev–Trinajstić information content (AvgIpc) is 3.05. The van der Waals surface area contributed by atoms with E-state index in [0.29, 0.717) is 23.0 Å². The molecule has 0 radical (unpaired) electrons. The highest BCUT2D eigenvalue weighted by molar-refractivity contribution is 5.25. The van der Waals surface area contributed by atoms with E-state index in [9.17, 15) is 0 Å². The number of ether oxygens (including phenoxy) is 1. The van der Waals surface area contributed by atoms with Crippen LogP contribution in [0.1, 0.15) is 122 Å². The molecule has 0 aliphatic heterocycles. The fourth-order valence-corrected chi connectivity index (χ4v) is 9.15. The van der Waals surface area contributed by atoms with E-state index >= 15 is 0 Å². The normalized spacial score (nSPS) is 43.4. The molecule has 0 N–H and O–H groups in total. The van der Waals surface area contributed by atoms with Crippen LogP contribution in [0.5, 0.6) is 0 Å². The zero-order valence-corrected chi connectivity index (χ0v) is 21.9. The zero-order chi connectivity index (χ0) is 22.4. The average molecular weight is 433 g/mol. The minimum atomic E-state index is 0. The summed E-state index contributed by atoms with van der Waals surface area (Å²) in [5, 5.41) is 0. The lowest BCUT2D eigenvalue weighted by atomic mass is 9.47. The van der Waals surface area contributed by atoms with Gasteiger partial charge in [0.1, 0.15) is 0 Å². The molecule has 182 valence electrons. The van der Waals surface area contributed by atoms with Gasteiger partial charge >= 0.3 is 0 Å². The number of fused-ring (bicyclic) bond motifs is 5. The first kappa shape index (κ1) is 23.8. The molecular weight excluding hydrogens is 376 g/mol. The Bertz CT molecular complexity index is 658. The third-order valence-corrected chi connectivity index (χ3v) is 10.7. The fraction of sp³-hybridized carbons (Fsp3) is 0.933. The number of rotatable bonds is 7. The van der Waals surface area contributed by atoms with Gasteiger partial charge in [0.25, 0.3) is 0 Å². The van der Waals surface area contributed by atoms with Crippen LogP contribution in [0.4, 0.5) is 0 Å². The van der Waals surface area contributed by atoms with Crippen molar-refractivity contribution in [2.24, 2.45) is 46.3 Å². The van der Waals surface area contributed by atoms with Gasteiger partial charge in [-0.1, -0.05) is 65.5 Å². The van der Waals surface area contributed by atoms with Crippen LogP contribution in [-0.4, -0.2) is 12.2 Å². The van der Waals surface area contributed by atoms with E-state index in [1.54, 1.807) is 5.57 Å². The van der Waals surface area contributed by atoms with Crippen molar-refractivity contribution in [1.29, 1.82) is 0 Å². The van der Waals surface area contributed by atoms with Gasteiger partial charge in [-0.3, -0.25) is 0 Å². The minimum absolute atomic E-state index is 0. The Hall–Kier alpha value is -0.300. The predicted octanol–water partition coefficient (Wildman–Crippen LogP) is 9.31. The molecule has 0 bridgehead atoms. The third-order valence-electron chi connectivity index (χ3n) is 10.7. The van der Waals surface area contributed by atoms with Crippen molar-refractivity contribution >= 4 is 0 Å². The van der Waals surface area contributed by atoms with Crippen LogP contribution in [0.25, 0.3) is 0 Å². The Morgan fingerprint density at radius 3 is 2.45 bits per heavy atom. The molecule has 0 amide bonds. The summed E-state index contributed by atoms with van der Waals surface area (Å²) in [6.07, 6.45) is 19.0. The van der Waals surface area contributed by atoms with Gasteiger partial charge in [0.2, 0.25) is 0 Å². The Balaban J connectivity index is 0.00000193. The zero-order valence-electron chi connectivity index (χ0n) is 21.9. The summed E-state index contributed by atoms with van der Waals surface area (Å²) in [4.78, 5) is 0. The lowest BCUT2D eigenvalue weighted by Gasteiger charge is -2.58. The molecule has 1 nitrogen and oxygen atoms in total. The van der Waals surface area contributed by atoms with E-state index in [4.69, 9.17) is 4.74 Å². The van der Waals surface area contributed by atoms with Crippen LogP contribution in [0.15, 0.2) is 11.6 Å². The summed E-state index contributed by atoms with van der Waals surface area (Å²) in [5.74, 6) is 5.60. The maximum absolute atomic E-state index is 6.25. The summed E-state index contributed by atoms with van der Waals surface area (Å²) in [7, 11) is 0. The van der Waals surface area contributed by atoms with E-state index in [2.05, 4.69) is 54.5 Å². The number of hydrogen-bond donors (Lipinski definition) is 0. The van der Waals surface area contributed by atoms with Gasteiger partial charge in [0, 0.05) is 2.85 Å². The van der Waals surface area contributed by atoms with Gasteiger partial charge in [-0.15, -0.1) is 0 Å². The molecule has 4 aliphatic rings. The van der Waals surface area contributed by atoms with Crippen molar-refractivity contribution in [1.82, 2.24) is 0 Å². The quantitative estimate of drug-likeness (QED) is 0.364. The molecule has 0 aromatic carbocycles. The largest absolute Gasteiger partial charge is 0.375 e. The lowest BCUT2D eigenvalue weighted by molar-refractivity contribution is -0.0707. The van der Waals surface area contributed by atoms with Crippen molar-refractivity contribution in [3.05, 3.63) is 11.6 Å². The minimum Gasteiger partial charge on any atom is -0.375 e. The van der Waals surface area contributed by atoms with E-state index in [0.717, 1.165) is 35.5 Å². The monoisotopic (exact) mass is 432 g/mol. The van der Waals surface area contributed by atoms with Crippen LogP contribution < -0.4 is 0 Å². The molecule has 0 aromatic heterocycles. The molecule has 4 aliphatic carbocycles. The van der Waals surface area contributed by atoms with Gasteiger partial charge < -0.3 is 4.74 Å². The maximum Gasteiger partial charge on any atom is 0.0616 e. The molecule has 8 atom stereocenters. The van der Waals surface area contributed by atoms with E-state index in [1.807, 2.05) is 0 Å². The van der Waals surface area contributed by atoms with Gasteiger partial charge in [0.15, 0.2) is 0 Å². The van der Waals surface area contributed by atoms with Crippen molar-refractivity contribution in [2.45, 2.75) is 131 Å². The van der Waals surface area contributed by atoms with Crippen molar-refractivity contribution in [2.75, 3.05) is 0 Å². The SMILES string of the molecule is CC(C)CCC[C@@H](C)[C@H]1CCC2[C@@H]3CC=C4C[C@@H](OC(C)C)CC[C@]4(C)C3CC[C@@]21C.[HH].[HH]. The first-order valence-electron chi connectivity index (χ1n) is 14.0. The van der Waals surface area contributed by atoms with Crippen LogP contribution in [0.3, 0.4) is 0 Å². The second kappa shape index (κ2) is 9.15. The van der Waals surface area contributed by atoms with Crippen LogP contribution in [-0.2, 0) is 4.74 Å². The van der Waals surface area contributed by atoms with Crippen LogP contribution >= 0.6 is 0 Å². The third kappa shape index (κ3) is 4.43. The van der Waals surface area contributed by atoms with E-state index < -0.39 is 0 Å². The summed E-state index contributed by atoms with van der Waals surface area (Å²) >= 11 is 0. The standard InChI is InChI=1S/C30H52O.2H2/c1-20(2)9-8-10-22(5)26-13-14-27-25-12-11-23-19-24(31-21(3)4)15-17-29(23,6)28(25)16-18-30(26,27)7;;/h11,20-22,24-28H,8-10,12-19H2,1-7H3;2*1H/t22-,24+,25+,26-,27?,28?,29+,30-;;/m1../s1. The second-order valence-corrected chi connectivity index (χ2v) is 13.3. The topological polar surface area (TPSA) is 9.23 Å².